The predicted octanol–water partition coefficient (Wildman–Crippen LogP) is 2.02. The van der Waals surface area contributed by atoms with E-state index in [-0.39, 0.29) is 0 Å². The summed E-state index contributed by atoms with van der Waals surface area (Å²) in [5.74, 6) is 0. The van der Waals surface area contributed by atoms with Crippen molar-refractivity contribution in [1.82, 2.24) is 10.2 Å². The van der Waals surface area contributed by atoms with E-state index in [4.69, 9.17) is 4.74 Å². The highest BCUT2D eigenvalue weighted by atomic mass is 16.5. The molecule has 0 bridgehead atoms. The molecule has 0 aromatic rings. The highest BCUT2D eigenvalue weighted by Crippen LogP contribution is 2.25. The minimum absolute atomic E-state index is 0.621. The van der Waals surface area contributed by atoms with Crippen molar-refractivity contribution in [3.63, 3.8) is 0 Å². The number of piperidine rings is 1. The van der Waals surface area contributed by atoms with Gasteiger partial charge in [-0.2, -0.15) is 0 Å². The normalized spacial score (nSPS) is 32.8. The van der Waals surface area contributed by atoms with Crippen LogP contribution in [-0.2, 0) is 4.74 Å². The van der Waals surface area contributed by atoms with Gasteiger partial charge in [0.1, 0.15) is 0 Å². The first-order chi connectivity index (χ1) is 8.33. The fourth-order valence-corrected chi connectivity index (χ4v) is 3.26. The molecule has 0 radical (unpaired) electrons. The van der Waals surface area contributed by atoms with Crippen LogP contribution in [0.4, 0.5) is 0 Å². The molecule has 2 fully saturated rings. The minimum atomic E-state index is 0.621. The maximum absolute atomic E-state index is 5.56. The second kappa shape index (κ2) is 6.72. The van der Waals surface area contributed by atoms with Crippen molar-refractivity contribution in [2.24, 2.45) is 0 Å². The molecule has 0 amide bonds. The molecule has 0 spiro atoms. The summed E-state index contributed by atoms with van der Waals surface area (Å²) >= 11 is 0. The van der Waals surface area contributed by atoms with Gasteiger partial charge in [0.25, 0.3) is 0 Å². The molecular weight excluding hydrogens is 212 g/mol. The third-order valence-electron chi connectivity index (χ3n) is 4.26. The van der Waals surface area contributed by atoms with Crippen molar-refractivity contribution in [2.75, 3.05) is 26.3 Å². The number of likely N-dealkylation sites (tertiary alicyclic amines) is 1. The van der Waals surface area contributed by atoms with Gasteiger partial charge >= 0.3 is 0 Å². The van der Waals surface area contributed by atoms with Crippen LogP contribution in [0, 0.1) is 0 Å². The molecule has 3 unspecified atom stereocenters. The molecular formula is C14H28N2O. The van der Waals surface area contributed by atoms with Gasteiger partial charge in [-0.15, -0.1) is 0 Å². The maximum atomic E-state index is 5.56. The topological polar surface area (TPSA) is 24.5 Å². The first-order valence-corrected chi connectivity index (χ1v) is 7.39. The predicted molar refractivity (Wildman–Crippen MR) is 71.3 cm³/mol. The second-order valence-corrected chi connectivity index (χ2v) is 5.56. The molecule has 17 heavy (non-hydrogen) atoms. The van der Waals surface area contributed by atoms with Crippen LogP contribution < -0.4 is 5.32 Å². The highest BCUT2D eigenvalue weighted by molar-refractivity contribution is 4.90. The van der Waals surface area contributed by atoms with Gasteiger partial charge in [0.2, 0.25) is 0 Å². The van der Waals surface area contributed by atoms with Crippen LogP contribution in [0.5, 0.6) is 0 Å². The molecule has 2 rings (SSSR count). The maximum Gasteiger partial charge on any atom is 0.0622 e. The molecule has 1 N–H and O–H groups in total. The molecule has 0 aliphatic carbocycles. The first kappa shape index (κ1) is 13.3. The zero-order valence-corrected chi connectivity index (χ0v) is 11.5. The Morgan fingerprint density at radius 3 is 2.94 bits per heavy atom. The molecule has 3 nitrogen and oxygen atoms in total. The Morgan fingerprint density at radius 2 is 2.24 bits per heavy atom. The molecule has 0 aromatic heterocycles. The Balaban J connectivity index is 1.91. The summed E-state index contributed by atoms with van der Waals surface area (Å²) in [7, 11) is 0. The van der Waals surface area contributed by atoms with Gasteiger partial charge in [-0.1, -0.05) is 13.3 Å². The monoisotopic (exact) mass is 240 g/mol. The standard InChI is InChI=1S/C14H28N2O/c1-3-8-15-12(2)14-6-4-5-9-16(14)13-7-10-17-11-13/h12-15H,3-11H2,1-2H3. The molecule has 0 aromatic carbocycles. The summed E-state index contributed by atoms with van der Waals surface area (Å²) in [6, 6.07) is 2.03. The van der Waals surface area contributed by atoms with Crippen molar-refractivity contribution in [3.05, 3.63) is 0 Å². The fraction of sp³-hybridized carbons (Fsp3) is 1.00. The number of ether oxygens (including phenoxy) is 1. The minimum Gasteiger partial charge on any atom is -0.380 e. The van der Waals surface area contributed by atoms with Crippen LogP contribution >= 0.6 is 0 Å². The van der Waals surface area contributed by atoms with Gasteiger partial charge in [-0.25, -0.2) is 0 Å². The number of hydrogen-bond donors (Lipinski definition) is 1. The molecule has 100 valence electrons. The van der Waals surface area contributed by atoms with Crippen molar-refractivity contribution >= 4 is 0 Å². The Morgan fingerprint density at radius 1 is 1.35 bits per heavy atom. The summed E-state index contributed by atoms with van der Waals surface area (Å²) in [5.41, 5.74) is 0. The third kappa shape index (κ3) is 3.43. The quantitative estimate of drug-likeness (QED) is 0.795. The molecule has 0 saturated carbocycles. The first-order valence-electron chi connectivity index (χ1n) is 7.39. The summed E-state index contributed by atoms with van der Waals surface area (Å²) < 4.78 is 5.56. The lowest BCUT2D eigenvalue weighted by Gasteiger charge is -2.42. The Kier molecular flexibility index (Phi) is 5.26. The van der Waals surface area contributed by atoms with Crippen LogP contribution in [0.25, 0.3) is 0 Å². The molecule has 3 atom stereocenters. The average molecular weight is 240 g/mol. The van der Waals surface area contributed by atoms with E-state index in [1.165, 1.54) is 38.6 Å². The van der Waals surface area contributed by atoms with E-state index in [1.807, 2.05) is 0 Å². The molecule has 3 heteroatoms. The number of rotatable bonds is 5. The fourth-order valence-electron chi connectivity index (χ4n) is 3.26. The van der Waals surface area contributed by atoms with E-state index in [0.717, 1.165) is 25.8 Å². The third-order valence-corrected chi connectivity index (χ3v) is 4.26. The van der Waals surface area contributed by atoms with E-state index in [1.54, 1.807) is 0 Å². The van der Waals surface area contributed by atoms with Crippen LogP contribution in [0.1, 0.15) is 46.0 Å². The van der Waals surface area contributed by atoms with Gasteiger partial charge in [0.15, 0.2) is 0 Å². The number of nitrogens with zero attached hydrogens (tertiary/aromatic N) is 1. The average Bonchev–Trinajstić information content (AvgIpc) is 2.89. The Bertz CT molecular complexity index is 216. The lowest BCUT2D eigenvalue weighted by molar-refractivity contribution is 0.0629. The van der Waals surface area contributed by atoms with Crippen molar-refractivity contribution in [1.29, 1.82) is 0 Å². The Labute approximate surface area is 106 Å². The van der Waals surface area contributed by atoms with Gasteiger partial charge in [-0.05, 0) is 45.7 Å². The van der Waals surface area contributed by atoms with Crippen molar-refractivity contribution in [2.45, 2.75) is 64.1 Å². The van der Waals surface area contributed by atoms with Gasteiger partial charge < -0.3 is 10.1 Å². The zero-order chi connectivity index (χ0) is 12.1. The highest BCUT2D eigenvalue weighted by Gasteiger charge is 2.33. The van der Waals surface area contributed by atoms with Crippen LogP contribution in [0.2, 0.25) is 0 Å². The van der Waals surface area contributed by atoms with Crippen LogP contribution in [-0.4, -0.2) is 49.3 Å². The summed E-state index contributed by atoms with van der Waals surface area (Å²) in [4.78, 5) is 2.73. The molecule has 2 aliphatic heterocycles. The van der Waals surface area contributed by atoms with Gasteiger partial charge in [0, 0.05) is 24.7 Å². The number of nitrogens with one attached hydrogen (secondary N) is 1. The summed E-state index contributed by atoms with van der Waals surface area (Å²) in [6.07, 6.45) is 6.58. The zero-order valence-electron chi connectivity index (χ0n) is 11.5. The molecule has 2 saturated heterocycles. The van der Waals surface area contributed by atoms with Crippen LogP contribution in [0.15, 0.2) is 0 Å². The van der Waals surface area contributed by atoms with E-state index >= 15 is 0 Å². The van der Waals surface area contributed by atoms with Crippen molar-refractivity contribution < 1.29 is 4.74 Å². The lowest BCUT2D eigenvalue weighted by Crippen LogP contribution is -2.55. The lowest BCUT2D eigenvalue weighted by atomic mass is 9.94. The van der Waals surface area contributed by atoms with E-state index < -0.39 is 0 Å². The van der Waals surface area contributed by atoms with E-state index in [0.29, 0.717) is 12.1 Å². The second-order valence-electron chi connectivity index (χ2n) is 5.56. The summed E-state index contributed by atoms with van der Waals surface area (Å²) in [5, 5.41) is 3.67. The SMILES string of the molecule is CCCNC(C)C1CCCCN1C1CCOC1. The largest absolute Gasteiger partial charge is 0.380 e. The summed E-state index contributed by atoms with van der Waals surface area (Å²) in [6.45, 7) is 8.93. The van der Waals surface area contributed by atoms with E-state index in [9.17, 15) is 0 Å². The smallest absolute Gasteiger partial charge is 0.0622 e. The van der Waals surface area contributed by atoms with Crippen molar-refractivity contribution in [3.8, 4) is 0 Å². The van der Waals surface area contributed by atoms with Gasteiger partial charge in [-0.3, -0.25) is 4.90 Å². The molecule has 2 aliphatic rings. The van der Waals surface area contributed by atoms with Gasteiger partial charge in [0.05, 0.1) is 6.61 Å². The Hall–Kier alpha value is -0.120. The van der Waals surface area contributed by atoms with Crippen LogP contribution in [0.3, 0.4) is 0 Å². The van der Waals surface area contributed by atoms with E-state index in [2.05, 4.69) is 24.1 Å². The number of hydrogen-bond acceptors (Lipinski definition) is 3. The molecule has 2 heterocycles.